The van der Waals surface area contributed by atoms with E-state index in [0.29, 0.717) is 5.95 Å². The van der Waals surface area contributed by atoms with Gasteiger partial charge in [0, 0.05) is 29.1 Å². The lowest BCUT2D eigenvalue weighted by Gasteiger charge is -2.23. The van der Waals surface area contributed by atoms with Gasteiger partial charge in [-0.15, -0.1) is 0 Å². The summed E-state index contributed by atoms with van der Waals surface area (Å²) < 4.78 is 0. The second-order valence-electron chi connectivity index (χ2n) is 5.41. The van der Waals surface area contributed by atoms with Crippen LogP contribution in [0.5, 0.6) is 5.75 Å². The number of para-hydroxylation sites is 1. The van der Waals surface area contributed by atoms with E-state index in [1.165, 1.54) is 0 Å². The molecule has 5 nitrogen and oxygen atoms in total. The van der Waals surface area contributed by atoms with E-state index in [4.69, 9.17) is 0 Å². The zero-order chi connectivity index (χ0) is 15.0. The van der Waals surface area contributed by atoms with E-state index in [0.717, 1.165) is 29.1 Å². The summed E-state index contributed by atoms with van der Waals surface area (Å²) in [6, 6.07) is 9.23. The van der Waals surface area contributed by atoms with Gasteiger partial charge in [-0.2, -0.15) is 5.10 Å². The molecule has 1 aromatic carbocycles. The summed E-state index contributed by atoms with van der Waals surface area (Å²) in [5, 5.41) is 16.5. The number of hydrazone groups is 1. The van der Waals surface area contributed by atoms with Crippen LogP contribution in [0.4, 0.5) is 5.95 Å². The van der Waals surface area contributed by atoms with Crippen molar-refractivity contribution in [2.24, 2.45) is 5.10 Å². The first-order valence-electron chi connectivity index (χ1n) is 6.98. The first kappa shape index (κ1) is 13.5. The normalized spacial score (nSPS) is 18.0. The largest absolute Gasteiger partial charge is 0.508 e. The Kier molecular flexibility index (Phi) is 3.33. The van der Waals surface area contributed by atoms with Crippen molar-refractivity contribution in [3.8, 4) is 5.75 Å². The van der Waals surface area contributed by atoms with Gasteiger partial charge in [-0.1, -0.05) is 18.2 Å². The van der Waals surface area contributed by atoms with Crippen molar-refractivity contribution in [1.29, 1.82) is 0 Å². The SMILES string of the molecule is CC1=NN(c2nc(C)cc(C)n2)C(c2ccccc2O)C1. The van der Waals surface area contributed by atoms with Crippen LogP contribution in [-0.2, 0) is 0 Å². The van der Waals surface area contributed by atoms with Gasteiger partial charge in [0.15, 0.2) is 0 Å². The highest BCUT2D eigenvalue weighted by Gasteiger charge is 2.31. The molecule has 0 spiro atoms. The zero-order valence-corrected chi connectivity index (χ0v) is 12.4. The van der Waals surface area contributed by atoms with Gasteiger partial charge in [0.05, 0.1) is 6.04 Å². The van der Waals surface area contributed by atoms with E-state index in [1.807, 2.05) is 50.0 Å². The van der Waals surface area contributed by atoms with Crippen LogP contribution in [0, 0.1) is 13.8 Å². The third kappa shape index (κ3) is 2.59. The Bertz CT molecular complexity index is 691. The van der Waals surface area contributed by atoms with Crippen molar-refractivity contribution in [2.45, 2.75) is 33.2 Å². The summed E-state index contributed by atoms with van der Waals surface area (Å²) in [5.74, 6) is 0.861. The van der Waals surface area contributed by atoms with Gasteiger partial charge in [-0.05, 0) is 32.9 Å². The predicted octanol–water partition coefficient (Wildman–Crippen LogP) is 3.13. The maximum atomic E-state index is 10.1. The number of nitrogens with zero attached hydrogens (tertiary/aromatic N) is 4. The molecule has 1 aromatic heterocycles. The number of aromatic nitrogens is 2. The summed E-state index contributed by atoms with van der Waals surface area (Å²) in [4.78, 5) is 8.96. The molecule has 2 aromatic rings. The molecule has 2 heterocycles. The summed E-state index contributed by atoms with van der Waals surface area (Å²) in [7, 11) is 0. The second-order valence-corrected chi connectivity index (χ2v) is 5.41. The number of anilines is 1. The molecule has 0 saturated heterocycles. The Morgan fingerprint density at radius 3 is 2.43 bits per heavy atom. The lowest BCUT2D eigenvalue weighted by Crippen LogP contribution is -2.21. The van der Waals surface area contributed by atoms with Crippen molar-refractivity contribution in [3.05, 3.63) is 47.3 Å². The highest BCUT2D eigenvalue weighted by molar-refractivity contribution is 5.86. The van der Waals surface area contributed by atoms with E-state index in [2.05, 4.69) is 15.1 Å². The fraction of sp³-hybridized carbons (Fsp3) is 0.312. The number of aromatic hydroxyl groups is 1. The number of rotatable bonds is 2. The Morgan fingerprint density at radius 2 is 1.76 bits per heavy atom. The second kappa shape index (κ2) is 5.16. The van der Waals surface area contributed by atoms with Crippen LogP contribution < -0.4 is 5.01 Å². The minimum atomic E-state index is -0.0626. The quantitative estimate of drug-likeness (QED) is 0.919. The van der Waals surface area contributed by atoms with Crippen LogP contribution in [0.1, 0.15) is 36.3 Å². The molecule has 1 aliphatic heterocycles. The van der Waals surface area contributed by atoms with Gasteiger partial charge >= 0.3 is 0 Å². The standard InChI is InChI=1S/C16H18N4O/c1-10-8-11(2)18-16(17-10)20-14(9-12(3)19-20)13-6-4-5-7-15(13)21/h4-8,14,21H,9H2,1-3H3. The van der Waals surface area contributed by atoms with E-state index < -0.39 is 0 Å². The van der Waals surface area contributed by atoms with Crippen molar-refractivity contribution in [3.63, 3.8) is 0 Å². The van der Waals surface area contributed by atoms with Crippen molar-refractivity contribution >= 4 is 11.7 Å². The average molecular weight is 282 g/mol. The van der Waals surface area contributed by atoms with Crippen molar-refractivity contribution in [2.75, 3.05) is 5.01 Å². The van der Waals surface area contributed by atoms with Gasteiger partial charge in [0.25, 0.3) is 0 Å². The lowest BCUT2D eigenvalue weighted by atomic mass is 10.0. The number of hydrogen-bond donors (Lipinski definition) is 1. The number of benzene rings is 1. The molecule has 0 saturated carbocycles. The van der Waals surface area contributed by atoms with E-state index >= 15 is 0 Å². The predicted molar refractivity (Wildman–Crippen MR) is 82.6 cm³/mol. The van der Waals surface area contributed by atoms with E-state index in [9.17, 15) is 5.11 Å². The van der Waals surface area contributed by atoms with Crippen LogP contribution in [0.3, 0.4) is 0 Å². The number of hydrogen-bond acceptors (Lipinski definition) is 5. The van der Waals surface area contributed by atoms with Crippen LogP contribution >= 0.6 is 0 Å². The smallest absolute Gasteiger partial charge is 0.247 e. The molecule has 1 atom stereocenters. The number of phenolic OH excluding ortho intramolecular Hbond substituents is 1. The van der Waals surface area contributed by atoms with Gasteiger partial charge < -0.3 is 5.11 Å². The number of phenols is 1. The topological polar surface area (TPSA) is 61.6 Å². The summed E-state index contributed by atoms with van der Waals surface area (Å²) in [5.41, 5.74) is 3.67. The molecular formula is C16H18N4O. The van der Waals surface area contributed by atoms with Gasteiger partial charge in [0.2, 0.25) is 5.95 Å². The van der Waals surface area contributed by atoms with Gasteiger partial charge in [-0.3, -0.25) is 0 Å². The Morgan fingerprint density at radius 1 is 1.10 bits per heavy atom. The number of aryl methyl sites for hydroxylation is 2. The zero-order valence-electron chi connectivity index (χ0n) is 12.4. The maximum absolute atomic E-state index is 10.1. The minimum Gasteiger partial charge on any atom is -0.508 e. The van der Waals surface area contributed by atoms with Crippen molar-refractivity contribution in [1.82, 2.24) is 9.97 Å². The molecule has 0 aliphatic carbocycles. The minimum absolute atomic E-state index is 0.0626. The highest BCUT2D eigenvalue weighted by Crippen LogP contribution is 2.37. The molecule has 1 N–H and O–H groups in total. The van der Waals surface area contributed by atoms with Crippen molar-refractivity contribution < 1.29 is 5.11 Å². The van der Waals surface area contributed by atoms with E-state index in [-0.39, 0.29) is 11.8 Å². The Labute approximate surface area is 124 Å². The summed E-state index contributed by atoms with van der Waals surface area (Å²) in [6.07, 6.45) is 0.758. The molecule has 0 radical (unpaired) electrons. The molecule has 0 amide bonds. The molecule has 5 heteroatoms. The Balaban J connectivity index is 2.04. The molecule has 3 rings (SSSR count). The van der Waals surface area contributed by atoms with Crippen LogP contribution in [0.2, 0.25) is 0 Å². The van der Waals surface area contributed by atoms with Gasteiger partial charge in [0.1, 0.15) is 5.75 Å². The lowest BCUT2D eigenvalue weighted by molar-refractivity contribution is 0.460. The van der Waals surface area contributed by atoms with E-state index in [1.54, 1.807) is 6.07 Å². The molecule has 0 fully saturated rings. The first-order valence-corrected chi connectivity index (χ1v) is 6.98. The Hall–Kier alpha value is -2.43. The maximum Gasteiger partial charge on any atom is 0.247 e. The van der Waals surface area contributed by atoms with Crippen LogP contribution in [0.25, 0.3) is 0 Å². The molecule has 21 heavy (non-hydrogen) atoms. The third-order valence-electron chi connectivity index (χ3n) is 3.53. The third-order valence-corrected chi connectivity index (χ3v) is 3.53. The molecule has 1 aliphatic rings. The first-order chi connectivity index (χ1) is 10.0. The fourth-order valence-corrected chi connectivity index (χ4v) is 2.67. The molecule has 108 valence electrons. The van der Waals surface area contributed by atoms with Crippen LogP contribution in [0.15, 0.2) is 35.4 Å². The van der Waals surface area contributed by atoms with Gasteiger partial charge in [-0.25, -0.2) is 15.0 Å². The highest BCUT2D eigenvalue weighted by atomic mass is 16.3. The summed E-state index contributed by atoms with van der Waals surface area (Å²) in [6.45, 7) is 5.87. The fourth-order valence-electron chi connectivity index (χ4n) is 2.67. The average Bonchev–Trinajstić information content (AvgIpc) is 2.80. The molecule has 0 bridgehead atoms. The molecule has 1 unspecified atom stereocenters. The molecular weight excluding hydrogens is 264 g/mol. The summed E-state index contributed by atoms with van der Waals surface area (Å²) >= 11 is 0. The van der Waals surface area contributed by atoms with Crippen LogP contribution in [-0.4, -0.2) is 20.8 Å². The monoisotopic (exact) mass is 282 g/mol.